The van der Waals surface area contributed by atoms with Gasteiger partial charge in [-0.15, -0.1) is 0 Å². The Kier molecular flexibility index (Phi) is 4.76. The molecule has 0 radical (unpaired) electrons. The van der Waals surface area contributed by atoms with Gasteiger partial charge in [0.25, 0.3) is 0 Å². The predicted octanol–water partition coefficient (Wildman–Crippen LogP) is 0.174. The third kappa shape index (κ3) is 3.69. The molecule has 0 saturated carbocycles. The Morgan fingerprint density at radius 2 is 2.05 bits per heavy atom. The molecule has 2 rings (SSSR count). The lowest BCUT2D eigenvalue weighted by Crippen LogP contribution is -2.48. The van der Waals surface area contributed by atoms with Crippen LogP contribution in [0.15, 0.2) is 18.2 Å². The van der Waals surface area contributed by atoms with E-state index in [4.69, 9.17) is 0 Å². The van der Waals surface area contributed by atoms with E-state index in [-0.39, 0.29) is 11.3 Å². The second-order valence-electron chi connectivity index (χ2n) is 4.44. The Morgan fingerprint density at radius 1 is 1.38 bits per heavy atom. The monoisotopic (exact) mass is 317 g/mol. The first-order valence-corrected chi connectivity index (χ1v) is 7.74. The summed E-state index contributed by atoms with van der Waals surface area (Å²) < 4.78 is 45.9. The van der Waals surface area contributed by atoms with Crippen molar-refractivity contribution in [2.45, 2.75) is 0 Å². The Bertz CT molecular complexity index is 629. The maximum absolute atomic E-state index is 13.5. The van der Waals surface area contributed by atoms with Crippen molar-refractivity contribution in [3.05, 3.63) is 29.6 Å². The van der Waals surface area contributed by atoms with E-state index in [1.807, 2.05) is 0 Å². The van der Waals surface area contributed by atoms with Crippen molar-refractivity contribution >= 4 is 21.9 Å². The molecule has 1 aliphatic heterocycles. The molecule has 7 nitrogen and oxygen atoms in total. The van der Waals surface area contributed by atoms with Gasteiger partial charge in [0.15, 0.2) is 0 Å². The van der Waals surface area contributed by atoms with E-state index in [2.05, 4.69) is 14.8 Å². The standard InChI is InChI=1S/C12H16FN3O4S/c1-20-12(17)10-8-9(2-3-11(10)13)15-21(18,19)16-6-4-14-5-7-16/h2-3,8,14-15H,4-7H2,1H3. The molecule has 0 bridgehead atoms. The van der Waals surface area contributed by atoms with Crippen LogP contribution in [0.5, 0.6) is 0 Å². The molecule has 1 heterocycles. The van der Waals surface area contributed by atoms with Gasteiger partial charge in [-0.05, 0) is 18.2 Å². The Balaban J connectivity index is 2.21. The van der Waals surface area contributed by atoms with Crippen LogP contribution in [0.2, 0.25) is 0 Å². The highest BCUT2D eigenvalue weighted by atomic mass is 32.2. The van der Waals surface area contributed by atoms with Crippen LogP contribution in [0.4, 0.5) is 10.1 Å². The van der Waals surface area contributed by atoms with Gasteiger partial charge in [-0.2, -0.15) is 12.7 Å². The number of piperazine rings is 1. The second kappa shape index (κ2) is 6.37. The fraction of sp³-hybridized carbons (Fsp3) is 0.417. The largest absolute Gasteiger partial charge is 0.465 e. The number of carbonyl (C=O) groups is 1. The minimum Gasteiger partial charge on any atom is -0.465 e. The van der Waals surface area contributed by atoms with Gasteiger partial charge in [0.1, 0.15) is 5.82 Å². The second-order valence-corrected chi connectivity index (χ2v) is 6.11. The third-order valence-corrected chi connectivity index (χ3v) is 4.57. The van der Waals surface area contributed by atoms with Crippen LogP contribution < -0.4 is 10.0 Å². The van der Waals surface area contributed by atoms with Gasteiger partial charge in [-0.1, -0.05) is 0 Å². The Labute approximate surface area is 122 Å². The van der Waals surface area contributed by atoms with E-state index in [0.717, 1.165) is 19.2 Å². The molecule has 116 valence electrons. The number of anilines is 1. The van der Waals surface area contributed by atoms with Gasteiger partial charge in [-0.25, -0.2) is 9.18 Å². The van der Waals surface area contributed by atoms with Crippen LogP contribution in [0, 0.1) is 5.82 Å². The predicted molar refractivity (Wildman–Crippen MR) is 74.7 cm³/mol. The zero-order valence-corrected chi connectivity index (χ0v) is 12.2. The first kappa shape index (κ1) is 15.7. The molecule has 0 spiro atoms. The highest BCUT2D eigenvalue weighted by molar-refractivity contribution is 7.90. The van der Waals surface area contributed by atoms with Crippen LogP contribution >= 0.6 is 0 Å². The molecule has 21 heavy (non-hydrogen) atoms. The lowest BCUT2D eigenvalue weighted by atomic mass is 10.2. The van der Waals surface area contributed by atoms with Gasteiger partial charge in [-0.3, -0.25) is 4.72 Å². The molecule has 0 unspecified atom stereocenters. The number of carbonyl (C=O) groups excluding carboxylic acids is 1. The van der Waals surface area contributed by atoms with Gasteiger partial charge >= 0.3 is 16.2 Å². The smallest absolute Gasteiger partial charge is 0.340 e. The van der Waals surface area contributed by atoms with Crippen molar-refractivity contribution in [1.29, 1.82) is 0 Å². The quantitative estimate of drug-likeness (QED) is 0.773. The van der Waals surface area contributed by atoms with Crippen LogP contribution in [-0.4, -0.2) is 52.0 Å². The SMILES string of the molecule is COC(=O)c1cc(NS(=O)(=O)N2CCNCC2)ccc1F. The van der Waals surface area contributed by atoms with E-state index in [0.29, 0.717) is 26.2 Å². The highest BCUT2D eigenvalue weighted by Crippen LogP contribution is 2.18. The van der Waals surface area contributed by atoms with E-state index in [9.17, 15) is 17.6 Å². The fourth-order valence-electron chi connectivity index (χ4n) is 1.95. The molecule has 1 aromatic carbocycles. The summed E-state index contributed by atoms with van der Waals surface area (Å²) in [6, 6.07) is 3.38. The zero-order valence-electron chi connectivity index (χ0n) is 11.4. The van der Waals surface area contributed by atoms with Crippen LogP contribution in [0.3, 0.4) is 0 Å². The van der Waals surface area contributed by atoms with Gasteiger partial charge < -0.3 is 10.1 Å². The highest BCUT2D eigenvalue weighted by Gasteiger charge is 2.24. The van der Waals surface area contributed by atoms with Crippen LogP contribution in [0.25, 0.3) is 0 Å². The third-order valence-electron chi connectivity index (χ3n) is 3.03. The molecule has 0 aliphatic carbocycles. The van der Waals surface area contributed by atoms with Gasteiger partial charge in [0.05, 0.1) is 18.4 Å². The zero-order chi connectivity index (χ0) is 15.5. The molecular weight excluding hydrogens is 301 g/mol. The molecule has 1 saturated heterocycles. The van der Waals surface area contributed by atoms with Crippen molar-refractivity contribution in [2.75, 3.05) is 38.0 Å². The van der Waals surface area contributed by atoms with Crippen LogP contribution in [0.1, 0.15) is 10.4 Å². The minimum absolute atomic E-state index is 0.107. The number of methoxy groups -OCH3 is 1. The summed E-state index contributed by atoms with van der Waals surface area (Å²) in [5.74, 6) is -1.64. The average molecular weight is 317 g/mol. The molecule has 2 N–H and O–H groups in total. The van der Waals surface area contributed by atoms with Crippen molar-refractivity contribution in [3.63, 3.8) is 0 Å². The molecule has 0 aromatic heterocycles. The molecule has 1 aromatic rings. The lowest BCUT2D eigenvalue weighted by Gasteiger charge is -2.26. The summed E-state index contributed by atoms with van der Waals surface area (Å²) in [6.07, 6.45) is 0. The summed E-state index contributed by atoms with van der Waals surface area (Å²) in [7, 11) is -2.61. The van der Waals surface area contributed by atoms with Crippen molar-refractivity contribution < 1.29 is 22.3 Å². The van der Waals surface area contributed by atoms with Crippen molar-refractivity contribution in [1.82, 2.24) is 9.62 Å². The number of ether oxygens (including phenoxy) is 1. The van der Waals surface area contributed by atoms with E-state index < -0.39 is 22.0 Å². The summed E-state index contributed by atoms with van der Waals surface area (Å²) >= 11 is 0. The first-order chi connectivity index (χ1) is 9.94. The van der Waals surface area contributed by atoms with Crippen molar-refractivity contribution in [2.24, 2.45) is 0 Å². The molecule has 9 heteroatoms. The Morgan fingerprint density at radius 3 is 2.67 bits per heavy atom. The summed E-state index contributed by atoms with van der Waals surface area (Å²) in [5.41, 5.74) is -0.214. The van der Waals surface area contributed by atoms with Crippen molar-refractivity contribution in [3.8, 4) is 0 Å². The van der Waals surface area contributed by atoms with E-state index in [1.54, 1.807) is 0 Å². The number of hydrogen-bond donors (Lipinski definition) is 2. The lowest BCUT2D eigenvalue weighted by molar-refractivity contribution is 0.0595. The van der Waals surface area contributed by atoms with Gasteiger partial charge in [0.2, 0.25) is 0 Å². The molecule has 0 amide bonds. The number of benzene rings is 1. The maximum atomic E-state index is 13.5. The first-order valence-electron chi connectivity index (χ1n) is 6.30. The number of hydrogen-bond acceptors (Lipinski definition) is 5. The number of halogens is 1. The summed E-state index contributed by atoms with van der Waals surface area (Å²) in [6.45, 7) is 1.83. The molecule has 1 fully saturated rings. The topological polar surface area (TPSA) is 87.7 Å². The average Bonchev–Trinajstić information content (AvgIpc) is 2.49. The number of nitrogens with one attached hydrogen (secondary N) is 2. The maximum Gasteiger partial charge on any atom is 0.340 e. The molecule has 0 atom stereocenters. The normalized spacial score (nSPS) is 16.5. The van der Waals surface area contributed by atoms with Gasteiger partial charge in [0, 0.05) is 26.2 Å². The number of esters is 1. The number of nitrogens with zero attached hydrogens (tertiary/aromatic N) is 1. The molecular formula is C12H16FN3O4S. The summed E-state index contributed by atoms with van der Waals surface area (Å²) in [4.78, 5) is 11.4. The number of rotatable bonds is 4. The Hall–Kier alpha value is -1.71. The fourth-order valence-corrected chi connectivity index (χ4v) is 3.17. The van der Waals surface area contributed by atoms with Crippen LogP contribution in [-0.2, 0) is 14.9 Å². The summed E-state index contributed by atoms with van der Waals surface area (Å²) in [5, 5.41) is 3.05. The van der Waals surface area contributed by atoms with E-state index in [1.165, 1.54) is 10.4 Å². The minimum atomic E-state index is -3.73. The van der Waals surface area contributed by atoms with E-state index >= 15 is 0 Å². The molecule has 1 aliphatic rings.